The van der Waals surface area contributed by atoms with Gasteiger partial charge in [0.05, 0.1) is 6.61 Å². The Hall–Kier alpha value is 0.270. The van der Waals surface area contributed by atoms with Crippen LogP contribution in [0.3, 0.4) is 0 Å². The van der Waals surface area contributed by atoms with Crippen molar-refractivity contribution < 1.29 is 5.11 Å². The second-order valence-corrected chi connectivity index (χ2v) is 3.74. The van der Waals surface area contributed by atoms with Gasteiger partial charge in [0.25, 0.3) is 0 Å². The molecule has 1 fully saturated rings. The molecule has 0 bridgehead atoms. The van der Waals surface area contributed by atoms with Gasteiger partial charge in [0.1, 0.15) is 0 Å². The summed E-state index contributed by atoms with van der Waals surface area (Å²) in [5.41, 5.74) is 0. The van der Waals surface area contributed by atoms with Crippen LogP contribution in [-0.2, 0) is 0 Å². The van der Waals surface area contributed by atoms with Gasteiger partial charge in [0.15, 0.2) is 0 Å². The van der Waals surface area contributed by atoms with E-state index < -0.39 is 0 Å². The molecular weight excluding hydrogens is 146 g/mol. The number of hydrogen-bond donors (Lipinski definition) is 2. The van der Waals surface area contributed by atoms with E-state index in [1.807, 2.05) is 11.8 Å². The SMILES string of the molecule is OCCSCC1CCCN1. The lowest BCUT2D eigenvalue weighted by Crippen LogP contribution is -2.23. The van der Waals surface area contributed by atoms with Crippen LogP contribution in [0.15, 0.2) is 0 Å². The molecule has 10 heavy (non-hydrogen) atoms. The van der Waals surface area contributed by atoms with Gasteiger partial charge >= 0.3 is 0 Å². The zero-order valence-corrected chi connectivity index (χ0v) is 6.99. The van der Waals surface area contributed by atoms with Gasteiger partial charge < -0.3 is 10.4 Å². The minimum absolute atomic E-state index is 0.317. The lowest BCUT2D eigenvalue weighted by molar-refractivity contribution is 0.322. The molecule has 60 valence electrons. The molecule has 0 aromatic carbocycles. The summed E-state index contributed by atoms with van der Waals surface area (Å²) in [5, 5.41) is 11.9. The third-order valence-corrected chi connectivity index (χ3v) is 2.83. The minimum atomic E-state index is 0.317. The lowest BCUT2D eigenvalue weighted by Gasteiger charge is -2.07. The summed E-state index contributed by atoms with van der Waals surface area (Å²) in [5.74, 6) is 2.05. The van der Waals surface area contributed by atoms with Crippen molar-refractivity contribution in [1.82, 2.24) is 5.32 Å². The first-order valence-electron chi connectivity index (χ1n) is 3.85. The molecule has 1 saturated heterocycles. The fourth-order valence-electron chi connectivity index (χ4n) is 1.19. The third-order valence-electron chi connectivity index (χ3n) is 1.72. The number of hydrogen-bond acceptors (Lipinski definition) is 3. The average molecular weight is 161 g/mol. The van der Waals surface area contributed by atoms with Gasteiger partial charge in [-0.15, -0.1) is 0 Å². The summed E-state index contributed by atoms with van der Waals surface area (Å²) in [6, 6.07) is 0.719. The molecule has 1 aliphatic heterocycles. The van der Waals surface area contributed by atoms with E-state index in [9.17, 15) is 0 Å². The van der Waals surface area contributed by atoms with Crippen LogP contribution < -0.4 is 5.32 Å². The van der Waals surface area contributed by atoms with E-state index in [0.29, 0.717) is 6.61 Å². The highest BCUT2D eigenvalue weighted by Gasteiger charge is 2.12. The van der Waals surface area contributed by atoms with Crippen molar-refractivity contribution in [2.75, 3.05) is 24.7 Å². The zero-order chi connectivity index (χ0) is 7.23. The van der Waals surface area contributed by atoms with Crippen LogP contribution in [0.4, 0.5) is 0 Å². The van der Waals surface area contributed by atoms with Gasteiger partial charge in [0, 0.05) is 17.5 Å². The van der Waals surface area contributed by atoms with Crippen molar-refractivity contribution in [1.29, 1.82) is 0 Å². The fourth-order valence-corrected chi connectivity index (χ4v) is 2.05. The quantitative estimate of drug-likeness (QED) is 0.588. The molecule has 0 aromatic heterocycles. The molecule has 1 rings (SSSR count). The number of aliphatic hydroxyl groups is 1. The number of aliphatic hydroxyl groups excluding tert-OH is 1. The highest BCUT2D eigenvalue weighted by Crippen LogP contribution is 2.10. The average Bonchev–Trinajstić information content (AvgIpc) is 2.41. The number of nitrogens with one attached hydrogen (secondary N) is 1. The molecule has 2 nitrogen and oxygen atoms in total. The van der Waals surface area contributed by atoms with E-state index in [1.165, 1.54) is 25.1 Å². The summed E-state index contributed by atoms with van der Waals surface area (Å²) in [6.07, 6.45) is 2.64. The molecule has 1 unspecified atom stereocenters. The summed E-state index contributed by atoms with van der Waals surface area (Å²) in [4.78, 5) is 0. The molecule has 3 heteroatoms. The van der Waals surface area contributed by atoms with Crippen LogP contribution in [0.2, 0.25) is 0 Å². The predicted octanol–water partition coefficient (Wildman–Crippen LogP) is 0.464. The van der Waals surface area contributed by atoms with Gasteiger partial charge in [-0.1, -0.05) is 0 Å². The molecular formula is C7H15NOS. The van der Waals surface area contributed by atoms with Crippen molar-refractivity contribution in [3.63, 3.8) is 0 Å². The maximum absolute atomic E-state index is 8.50. The Morgan fingerprint density at radius 3 is 3.10 bits per heavy atom. The summed E-state index contributed by atoms with van der Waals surface area (Å²) in [7, 11) is 0. The smallest absolute Gasteiger partial charge is 0.0521 e. The van der Waals surface area contributed by atoms with Crippen LogP contribution >= 0.6 is 11.8 Å². The van der Waals surface area contributed by atoms with E-state index in [4.69, 9.17) is 5.11 Å². The second kappa shape index (κ2) is 4.99. The molecule has 0 aliphatic carbocycles. The van der Waals surface area contributed by atoms with E-state index in [0.717, 1.165) is 11.8 Å². The highest BCUT2D eigenvalue weighted by molar-refractivity contribution is 7.99. The molecule has 0 spiro atoms. The Kier molecular flexibility index (Phi) is 4.18. The second-order valence-electron chi connectivity index (χ2n) is 2.59. The topological polar surface area (TPSA) is 32.3 Å². The van der Waals surface area contributed by atoms with Gasteiger partial charge in [-0.25, -0.2) is 0 Å². The Labute approximate surface area is 66.4 Å². The third kappa shape index (κ3) is 2.90. The minimum Gasteiger partial charge on any atom is -0.396 e. The van der Waals surface area contributed by atoms with Gasteiger partial charge in [0.2, 0.25) is 0 Å². The molecule has 0 radical (unpaired) electrons. The zero-order valence-electron chi connectivity index (χ0n) is 6.18. The molecule has 1 atom stereocenters. The maximum atomic E-state index is 8.50. The van der Waals surface area contributed by atoms with E-state index in [2.05, 4.69) is 5.32 Å². The van der Waals surface area contributed by atoms with Crippen molar-refractivity contribution >= 4 is 11.8 Å². The van der Waals surface area contributed by atoms with Crippen molar-refractivity contribution in [2.24, 2.45) is 0 Å². The monoisotopic (exact) mass is 161 g/mol. The molecule has 0 aromatic rings. The Bertz CT molecular complexity index is 83.7. The predicted molar refractivity (Wildman–Crippen MR) is 45.4 cm³/mol. The van der Waals surface area contributed by atoms with Gasteiger partial charge in [-0.05, 0) is 19.4 Å². The van der Waals surface area contributed by atoms with Crippen LogP contribution in [0.25, 0.3) is 0 Å². The first kappa shape index (κ1) is 8.37. The number of thioether (sulfide) groups is 1. The lowest BCUT2D eigenvalue weighted by atomic mass is 10.3. The molecule has 0 amide bonds. The highest BCUT2D eigenvalue weighted by atomic mass is 32.2. The Morgan fingerprint density at radius 1 is 1.60 bits per heavy atom. The van der Waals surface area contributed by atoms with Crippen LogP contribution in [0, 0.1) is 0 Å². The maximum Gasteiger partial charge on any atom is 0.0521 e. The van der Waals surface area contributed by atoms with E-state index >= 15 is 0 Å². The first-order chi connectivity index (χ1) is 4.93. The number of rotatable bonds is 4. The van der Waals surface area contributed by atoms with Gasteiger partial charge in [-0.2, -0.15) is 11.8 Å². The first-order valence-corrected chi connectivity index (χ1v) is 5.01. The van der Waals surface area contributed by atoms with Crippen molar-refractivity contribution in [3.8, 4) is 0 Å². The summed E-state index contributed by atoms with van der Waals surface area (Å²) < 4.78 is 0. The molecule has 1 aliphatic rings. The van der Waals surface area contributed by atoms with Gasteiger partial charge in [-0.3, -0.25) is 0 Å². The Balaban J connectivity index is 1.91. The summed E-state index contributed by atoms with van der Waals surface area (Å²) >= 11 is 1.84. The largest absolute Gasteiger partial charge is 0.396 e. The molecule has 0 saturated carbocycles. The van der Waals surface area contributed by atoms with E-state index in [-0.39, 0.29) is 0 Å². The summed E-state index contributed by atoms with van der Waals surface area (Å²) in [6.45, 7) is 1.50. The standard InChI is InChI=1S/C7H15NOS/c9-4-5-10-6-7-2-1-3-8-7/h7-9H,1-6H2. The normalized spacial score (nSPS) is 25.5. The van der Waals surface area contributed by atoms with Crippen molar-refractivity contribution in [2.45, 2.75) is 18.9 Å². The van der Waals surface area contributed by atoms with Crippen LogP contribution in [-0.4, -0.2) is 35.8 Å². The fraction of sp³-hybridized carbons (Fsp3) is 1.00. The van der Waals surface area contributed by atoms with Crippen LogP contribution in [0.5, 0.6) is 0 Å². The van der Waals surface area contributed by atoms with Crippen LogP contribution in [0.1, 0.15) is 12.8 Å². The molecule has 2 N–H and O–H groups in total. The Morgan fingerprint density at radius 2 is 2.50 bits per heavy atom. The van der Waals surface area contributed by atoms with E-state index in [1.54, 1.807) is 0 Å². The van der Waals surface area contributed by atoms with Crippen molar-refractivity contribution in [3.05, 3.63) is 0 Å². The molecule has 1 heterocycles.